The van der Waals surface area contributed by atoms with Crippen LogP contribution in [0.15, 0.2) is 17.5 Å². The topological polar surface area (TPSA) is 49.3 Å². The zero-order valence-electron chi connectivity index (χ0n) is 9.49. The first-order valence-electron chi connectivity index (χ1n) is 5.78. The predicted octanol–water partition coefficient (Wildman–Crippen LogP) is 2.23. The van der Waals surface area contributed by atoms with Crippen molar-refractivity contribution in [3.8, 4) is 0 Å². The number of halogens is 1. The molecule has 1 saturated carbocycles. The summed E-state index contributed by atoms with van der Waals surface area (Å²) in [5.74, 6) is -0.291. The summed E-state index contributed by atoms with van der Waals surface area (Å²) in [6, 6.07) is 3.91. The van der Waals surface area contributed by atoms with E-state index in [4.69, 9.17) is 11.6 Å². The van der Waals surface area contributed by atoms with Gasteiger partial charge < -0.3 is 10.4 Å². The van der Waals surface area contributed by atoms with Crippen LogP contribution in [0, 0.1) is 0 Å². The van der Waals surface area contributed by atoms with Gasteiger partial charge in [-0.2, -0.15) is 0 Å². The van der Waals surface area contributed by atoms with Gasteiger partial charge >= 0.3 is 0 Å². The Bertz CT molecular complexity index is 382. The summed E-state index contributed by atoms with van der Waals surface area (Å²) in [5, 5.41) is 15.2. The van der Waals surface area contributed by atoms with E-state index in [0.29, 0.717) is 0 Å². The number of hydrogen-bond donors (Lipinski definition) is 2. The van der Waals surface area contributed by atoms with E-state index < -0.39 is 11.6 Å². The Morgan fingerprint density at radius 2 is 2.47 bits per heavy atom. The number of alkyl halides is 1. The lowest BCUT2D eigenvalue weighted by molar-refractivity contribution is -0.123. The molecule has 2 atom stereocenters. The fraction of sp³-hybridized carbons (Fsp3) is 0.583. The third kappa shape index (κ3) is 2.49. The van der Waals surface area contributed by atoms with E-state index in [1.165, 1.54) is 0 Å². The van der Waals surface area contributed by atoms with E-state index in [1.54, 1.807) is 11.3 Å². The van der Waals surface area contributed by atoms with E-state index in [9.17, 15) is 9.90 Å². The molecule has 1 heterocycles. The molecule has 1 aromatic heterocycles. The van der Waals surface area contributed by atoms with Crippen molar-refractivity contribution in [2.75, 3.05) is 5.88 Å². The zero-order chi connectivity index (χ0) is 12.3. The summed E-state index contributed by atoms with van der Waals surface area (Å²) in [4.78, 5) is 12.6. The predicted molar refractivity (Wildman–Crippen MR) is 69.3 cm³/mol. The molecule has 5 heteroatoms. The molecule has 17 heavy (non-hydrogen) atoms. The van der Waals surface area contributed by atoms with E-state index in [2.05, 4.69) is 5.32 Å². The van der Waals surface area contributed by atoms with Crippen LogP contribution in [0.1, 0.15) is 30.6 Å². The molecule has 0 spiro atoms. The number of carbonyl (C=O) groups is 1. The molecule has 0 unspecified atom stereocenters. The standard InChI is InChI=1S/C12H16ClNO2S/c13-8-11(16)14-12(10-5-3-7-17-10)6-2-1-4-9(12)15/h3,5,7,9,15H,1-2,4,6,8H2,(H,14,16)/t9-,12+/m1/s1. The Labute approximate surface area is 110 Å². The van der Waals surface area contributed by atoms with Crippen LogP contribution in [0.4, 0.5) is 0 Å². The van der Waals surface area contributed by atoms with Gasteiger partial charge in [0.05, 0.1) is 6.10 Å². The summed E-state index contributed by atoms with van der Waals surface area (Å²) >= 11 is 7.12. The van der Waals surface area contributed by atoms with Crippen LogP contribution in [-0.2, 0) is 10.3 Å². The number of nitrogens with one attached hydrogen (secondary N) is 1. The second kappa shape index (κ2) is 5.38. The van der Waals surface area contributed by atoms with Gasteiger partial charge in [0.15, 0.2) is 0 Å². The molecule has 2 N–H and O–H groups in total. The summed E-state index contributed by atoms with van der Waals surface area (Å²) < 4.78 is 0. The molecule has 0 saturated heterocycles. The SMILES string of the molecule is O=C(CCl)N[C@@]1(c2cccs2)CCCC[C@H]1O. The molecule has 0 aliphatic heterocycles. The molecule has 1 fully saturated rings. The zero-order valence-corrected chi connectivity index (χ0v) is 11.1. The van der Waals surface area contributed by atoms with Crippen LogP contribution >= 0.6 is 22.9 Å². The van der Waals surface area contributed by atoms with Gasteiger partial charge in [0.1, 0.15) is 11.4 Å². The van der Waals surface area contributed by atoms with Gasteiger partial charge in [-0.3, -0.25) is 4.79 Å². The largest absolute Gasteiger partial charge is 0.390 e. The quantitative estimate of drug-likeness (QED) is 0.830. The Morgan fingerprint density at radius 3 is 3.06 bits per heavy atom. The first kappa shape index (κ1) is 12.9. The highest BCUT2D eigenvalue weighted by molar-refractivity contribution is 7.10. The maximum absolute atomic E-state index is 11.6. The van der Waals surface area contributed by atoms with Gasteiger partial charge in [-0.1, -0.05) is 18.9 Å². The van der Waals surface area contributed by atoms with Crippen molar-refractivity contribution in [1.29, 1.82) is 0 Å². The van der Waals surface area contributed by atoms with Gasteiger partial charge in [-0.15, -0.1) is 22.9 Å². The highest BCUT2D eigenvalue weighted by atomic mass is 35.5. The van der Waals surface area contributed by atoms with Crippen molar-refractivity contribution in [2.45, 2.75) is 37.3 Å². The molecule has 3 nitrogen and oxygen atoms in total. The summed E-state index contributed by atoms with van der Waals surface area (Å²) in [6.45, 7) is 0. The van der Waals surface area contributed by atoms with Crippen molar-refractivity contribution in [1.82, 2.24) is 5.32 Å². The van der Waals surface area contributed by atoms with Gasteiger partial charge in [0, 0.05) is 4.88 Å². The highest BCUT2D eigenvalue weighted by Crippen LogP contribution is 2.39. The molecular weight excluding hydrogens is 258 g/mol. The van der Waals surface area contributed by atoms with Crippen molar-refractivity contribution in [3.63, 3.8) is 0 Å². The number of carbonyl (C=O) groups excluding carboxylic acids is 1. The fourth-order valence-electron chi connectivity index (χ4n) is 2.46. The van der Waals surface area contributed by atoms with E-state index >= 15 is 0 Å². The second-order valence-electron chi connectivity index (χ2n) is 4.39. The Balaban J connectivity index is 2.31. The van der Waals surface area contributed by atoms with Crippen LogP contribution in [-0.4, -0.2) is 23.0 Å². The van der Waals surface area contributed by atoms with Gasteiger partial charge in [0.25, 0.3) is 0 Å². The highest BCUT2D eigenvalue weighted by Gasteiger charge is 2.43. The molecule has 1 aromatic rings. The first-order chi connectivity index (χ1) is 8.19. The smallest absolute Gasteiger partial charge is 0.235 e. The van der Waals surface area contributed by atoms with Crippen molar-refractivity contribution in [2.24, 2.45) is 0 Å². The molecule has 94 valence electrons. The van der Waals surface area contributed by atoms with Gasteiger partial charge in [-0.05, 0) is 24.3 Å². The van der Waals surface area contributed by atoms with Crippen molar-refractivity contribution in [3.05, 3.63) is 22.4 Å². The van der Waals surface area contributed by atoms with Crippen molar-refractivity contribution >= 4 is 28.8 Å². The summed E-state index contributed by atoms with van der Waals surface area (Å²) in [5.41, 5.74) is -0.627. The molecule has 2 rings (SSSR count). The van der Waals surface area contributed by atoms with Crippen LogP contribution in [0.25, 0.3) is 0 Å². The lowest BCUT2D eigenvalue weighted by atomic mass is 9.78. The van der Waals surface area contributed by atoms with Crippen molar-refractivity contribution < 1.29 is 9.90 Å². The Hall–Kier alpha value is -0.580. The van der Waals surface area contributed by atoms with Gasteiger partial charge in [-0.25, -0.2) is 0 Å². The minimum atomic E-state index is -0.627. The number of amides is 1. The lowest BCUT2D eigenvalue weighted by Gasteiger charge is -2.41. The van der Waals surface area contributed by atoms with Crippen LogP contribution < -0.4 is 5.32 Å². The van der Waals surface area contributed by atoms with Crippen LogP contribution in [0.3, 0.4) is 0 Å². The number of hydrogen-bond acceptors (Lipinski definition) is 3. The number of aliphatic hydroxyl groups excluding tert-OH is 1. The van der Waals surface area contributed by atoms with E-state index in [1.807, 2.05) is 17.5 Å². The fourth-order valence-corrected chi connectivity index (χ4v) is 3.49. The lowest BCUT2D eigenvalue weighted by Crippen LogP contribution is -2.55. The maximum Gasteiger partial charge on any atom is 0.235 e. The second-order valence-corrected chi connectivity index (χ2v) is 5.61. The normalized spacial score (nSPS) is 28.9. The molecule has 0 aromatic carbocycles. The number of aliphatic hydroxyl groups is 1. The molecule has 0 bridgehead atoms. The minimum Gasteiger partial charge on any atom is -0.390 e. The molecule has 1 aliphatic carbocycles. The molecular formula is C12H16ClNO2S. The average Bonchev–Trinajstić information content (AvgIpc) is 2.86. The van der Waals surface area contributed by atoms with Crippen LogP contribution in [0.5, 0.6) is 0 Å². The molecule has 0 radical (unpaired) electrons. The third-order valence-electron chi connectivity index (χ3n) is 3.31. The van der Waals surface area contributed by atoms with E-state index in [0.717, 1.165) is 30.6 Å². The Morgan fingerprint density at radius 1 is 1.65 bits per heavy atom. The average molecular weight is 274 g/mol. The van der Waals surface area contributed by atoms with Crippen LogP contribution in [0.2, 0.25) is 0 Å². The maximum atomic E-state index is 11.6. The Kier molecular flexibility index (Phi) is 4.07. The summed E-state index contributed by atoms with van der Waals surface area (Å²) in [7, 11) is 0. The summed E-state index contributed by atoms with van der Waals surface area (Å²) in [6.07, 6.45) is 2.99. The van der Waals surface area contributed by atoms with Gasteiger partial charge in [0.2, 0.25) is 5.91 Å². The molecule has 1 aliphatic rings. The first-order valence-corrected chi connectivity index (χ1v) is 7.19. The number of rotatable bonds is 3. The molecule has 1 amide bonds. The monoisotopic (exact) mass is 273 g/mol. The third-order valence-corrected chi connectivity index (χ3v) is 4.60. The minimum absolute atomic E-state index is 0.0696. The number of thiophene rings is 1. The van der Waals surface area contributed by atoms with E-state index in [-0.39, 0.29) is 11.8 Å².